The number of fused-ring (bicyclic) bond motifs is 1. The molecule has 0 aliphatic carbocycles. The number of aromatic hydroxyl groups is 1. The molecule has 3 rings (SSSR count). The average molecular weight is 369 g/mol. The van der Waals surface area contributed by atoms with E-state index in [1.165, 1.54) is 18.2 Å². The van der Waals surface area contributed by atoms with Gasteiger partial charge in [-0.1, -0.05) is 26.0 Å². The lowest BCUT2D eigenvalue weighted by atomic mass is 10.0. The van der Waals surface area contributed by atoms with Crippen molar-refractivity contribution in [3.8, 4) is 11.6 Å². The molecule has 0 unspecified atom stereocenters. The van der Waals surface area contributed by atoms with Crippen LogP contribution in [0.5, 0.6) is 11.6 Å². The number of ether oxygens (including phenoxy) is 1. The molecule has 0 saturated heterocycles. The van der Waals surface area contributed by atoms with Crippen molar-refractivity contribution in [2.75, 3.05) is 6.61 Å². The molecule has 1 heterocycles. The maximum Gasteiger partial charge on any atom is 0.302 e. The summed E-state index contributed by atoms with van der Waals surface area (Å²) in [6.45, 7) is 5.73. The van der Waals surface area contributed by atoms with Gasteiger partial charge in [-0.15, -0.1) is 10.2 Å². The first kappa shape index (κ1) is 18.6. The number of nitrogens with zero attached hydrogens (tertiary/aromatic N) is 2. The van der Waals surface area contributed by atoms with Crippen molar-refractivity contribution in [1.29, 1.82) is 0 Å². The Kier molecular flexibility index (Phi) is 5.21. The summed E-state index contributed by atoms with van der Waals surface area (Å²) in [6, 6.07) is 9.77. The van der Waals surface area contributed by atoms with Gasteiger partial charge in [-0.3, -0.25) is 4.79 Å². The van der Waals surface area contributed by atoms with Gasteiger partial charge >= 0.3 is 5.91 Å². The van der Waals surface area contributed by atoms with Gasteiger partial charge in [-0.25, -0.2) is 4.39 Å². The number of carbonyl (C=O) groups is 1. The Hall–Kier alpha value is -3.22. The zero-order valence-electron chi connectivity index (χ0n) is 15.3. The highest BCUT2D eigenvalue weighted by molar-refractivity contribution is 5.94. The first-order chi connectivity index (χ1) is 12.8. The van der Waals surface area contributed by atoms with E-state index in [1.54, 1.807) is 0 Å². The topological polar surface area (TPSA) is 87.0 Å². The van der Waals surface area contributed by atoms with Gasteiger partial charge in [0.1, 0.15) is 11.6 Å². The first-order valence-electron chi connectivity index (χ1n) is 8.53. The molecule has 0 aliphatic heterocycles. The van der Waals surface area contributed by atoms with Crippen LogP contribution in [0.25, 0.3) is 10.9 Å². The number of hydrogen-bond donors (Lipinski definition) is 2. The van der Waals surface area contributed by atoms with E-state index in [2.05, 4.69) is 15.2 Å². The number of nitrogens with one attached hydrogen (secondary N) is 1. The Morgan fingerprint density at radius 3 is 2.78 bits per heavy atom. The smallest absolute Gasteiger partial charge is 0.302 e. The van der Waals surface area contributed by atoms with Crippen LogP contribution in [-0.4, -0.2) is 22.6 Å². The molecule has 0 fully saturated rings. The highest BCUT2D eigenvalue weighted by Gasteiger charge is 2.13. The van der Waals surface area contributed by atoms with E-state index in [9.17, 15) is 14.3 Å². The molecule has 27 heavy (non-hydrogen) atoms. The zero-order valence-corrected chi connectivity index (χ0v) is 15.3. The van der Waals surface area contributed by atoms with Crippen molar-refractivity contribution >= 4 is 22.5 Å². The van der Waals surface area contributed by atoms with Crippen LogP contribution in [0.2, 0.25) is 0 Å². The van der Waals surface area contributed by atoms with E-state index in [0.717, 1.165) is 11.1 Å². The highest BCUT2D eigenvalue weighted by atomic mass is 19.1. The number of halogens is 1. The van der Waals surface area contributed by atoms with E-state index in [0.29, 0.717) is 16.7 Å². The molecule has 7 heteroatoms. The number of aromatic nitrogens is 1. The Morgan fingerprint density at radius 1 is 1.26 bits per heavy atom. The van der Waals surface area contributed by atoms with Crippen LogP contribution < -0.4 is 4.74 Å². The van der Waals surface area contributed by atoms with Crippen molar-refractivity contribution in [1.82, 2.24) is 4.98 Å². The summed E-state index contributed by atoms with van der Waals surface area (Å²) < 4.78 is 19.0. The molecule has 3 aromatic rings. The van der Waals surface area contributed by atoms with E-state index >= 15 is 0 Å². The van der Waals surface area contributed by atoms with E-state index < -0.39 is 11.7 Å². The van der Waals surface area contributed by atoms with Crippen LogP contribution in [-0.2, 0) is 4.79 Å². The fraction of sp³-hybridized carbons (Fsp3) is 0.250. The Morgan fingerprint density at radius 2 is 2.04 bits per heavy atom. The average Bonchev–Trinajstić information content (AvgIpc) is 2.92. The molecule has 6 nitrogen and oxygen atoms in total. The normalized spacial score (nSPS) is 11.6. The van der Waals surface area contributed by atoms with E-state index in [-0.39, 0.29) is 24.1 Å². The molecule has 1 amide bonds. The van der Waals surface area contributed by atoms with Crippen molar-refractivity contribution in [2.45, 2.75) is 26.7 Å². The third-order valence-electron chi connectivity index (χ3n) is 4.12. The maximum absolute atomic E-state index is 13.4. The van der Waals surface area contributed by atoms with Crippen molar-refractivity contribution in [3.05, 3.63) is 53.3 Å². The van der Waals surface area contributed by atoms with Gasteiger partial charge in [-0.05, 0) is 48.2 Å². The molecular formula is C20H20FN3O3. The minimum absolute atomic E-state index is 0.0104. The molecule has 140 valence electrons. The second-order valence-electron chi connectivity index (χ2n) is 6.59. The molecule has 0 radical (unpaired) electrons. The molecule has 2 aromatic carbocycles. The lowest BCUT2D eigenvalue weighted by Gasteiger charge is -2.13. The number of aromatic amines is 1. The highest BCUT2D eigenvalue weighted by Crippen LogP contribution is 2.35. The van der Waals surface area contributed by atoms with Gasteiger partial charge in [0.15, 0.2) is 12.3 Å². The number of carbonyl (C=O) groups excluding carboxylic acids is 1. The number of rotatable bonds is 5. The summed E-state index contributed by atoms with van der Waals surface area (Å²) >= 11 is 0. The van der Waals surface area contributed by atoms with E-state index in [4.69, 9.17) is 4.74 Å². The predicted octanol–water partition coefficient (Wildman–Crippen LogP) is 5.13. The molecule has 0 saturated carbocycles. The third kappa shape index (κ3) is 4.13. The van der Waals surface area contributed by atoms with Crippen LogP contribution >= 0.6 is 0 Å². The lowest BCUT2D eigenvalue weighted by Crippen LogP contribution is -2.09. The van der Waals surface area contributed by atoms with Crippen molar-refractivity contribution < 1.29 is 19.0 Å². The molecular weight excluding hydrogens is 349 g/mol. The molecule has 0 aliphatic rings. The van der Waals surface area contributed by atoms with Gasteiger partial charge in [0, 0.05) is 5.39 Å². The minimum atomic E-state index is -0.614. The summed E-state index contributed by atoms with van der Waals surface area (Å²) in [6.07, 6.45) is 0. The summed E-state index contributed by atoms with van der Waals surface area (Å²) in [4.78, 5) is 14.7. The number of benzene rings is 2. The van der Waals surface area contributed by atoms with Gasteiger partial charge in [0.05, 0.1) is 5.52 Å². The zero-order chi connectivity index (χ0) is 19.6. The van der Waals surface area contributed by atoms with Crippen molar-refractivity contribution in [3.63, 3.8) is 0 Å². The number of azo groups is 1. The summed E-state index contributed by atoms with van der Waals surface area (Å²) in [5.41, 5.74) is 2.52. The standard InChI is InChI=1S/C20H20FN3O3/c1-11(2)14-6-4-12(3)8-17(14)27-10-18(25)23-24-19-15-9-13(21)5-7-16(15)22-20(19)26/h4-9,11,22,26H,10H2,1-3H3. The third-order valence-corrected chi connectivity index (χ3v) is 4.12. The monoisotopic (exact) mass is 369 g/mol. The van der Waals surface area contributed by atoms with Crippen LogP contribution in [0.15, 0.2) is 46.6 Å². The second-order valence-corrected chi connectivity index (χ2v) is 6.59. The number of amides is 1. The maximum atomic E-state index is 13.4. The second kappa shape index (κ2) is 7.57. The van der Waals surface area contributed by atoms with Crippen LogP contribution in [0.4, 0.5) is 10.1 Å². The van der Waals surface area contributed by atoms with Crippen LogP contribution in [0.3, 0.4) is 0 Å². The summed E-state index contributed by atoms with van der Waals surface area (Å²) in [5.74, 6) is -0.501. The van der Waals surface area contributed by atoms with Gasteiger partial charge in [-0.2, -0.15) is 0 Å². The summed E-state index contributed by atoms with van der Waals surface area (Å²) in [5, 5.41) is 17.6. The van der Waals surface area contributed by atoms with Gasteiger partial charge < -0.3 is 14.8 Å². The Labute approximate surface area is 155 Å². The molecule has 0 spiro atoms. The Bertz CT molecular complexity index is 1020. The molecule has 2 N–H and O–H groups in total. The molecule has 0 bridgehead atoms. The van der Waals surface area contributed by atoms with Crippen molar-refractivity contribution in [2.24, 2.45) is 10.2 Å². The van der Waals surface area contributed by atoms with Crippen LogP contribution in [0.1, 0.15) is 30.9 Å². The van der Waals surface area contributed by atoms with E-state index in [1.807, 2.05) is 39.0 Å². The van der Waals surface area contributed by atoms with Crippen LogP contribution in [0, 0.1) is 12.7 Å². The number of H-pyrrole nitrogens is 1. The number of aryl methyl sites for hydroxylation is 1. The minimum Gasteiger partial charge on any atom is -0.493 e. The fourth-order valence-electron chi connectivity index (χ4n) is 2.75. The quantitative estimate of drug-likeness (QED) is 0.611. The lowest BCUT2D eigenvalue weighted by molar-refractivity contribution is -0.120. The molecule has 0 atom stereocenters. The predicted molar refractivity (Wildman–Crippen MR) is 100 cm³/mol. The fourth-order valence-corrected chi connectivity index (χ4v) is 2.75. The van der Waals surface area contributed by atoms with Gasteiger partial charge in [0.2, 0.25) is 5.88 Å². The summed E-state index contributed by atoms with van der Waals surface area (Å²) in [7, 11) is 0. The Balaban J connectivity index is 1.75. The number of hydrogen-bond acceptors (Lipinski definition) is 4. The van der Waals surface area contributed by atoms with Gasteiger partial charge in [0.25, 0.3) is 0 Å². The first-order valence-corrected chi connectivity index (χ1v) is 8.53. The largest absolute Gasteiger partial charge is 0.493 e. The molecule has 1 aromatic heterocycles. The SMILES string of the molecule is Cc1ccc(C(C)C)c(OCC(=O)N=Nc2c(O)[nH]c3ccc(F)cc23)c1.